The number of rotatable bonds is 3. The average molecular weight is 280 g/mol. The predicted octanol–water partition coefficient (Wildman–Crippen LogP) is 3.38. The molecule has 0 radical (unpaired) electrons. The van der Waals surface area contributed by atoms with Gasteiger partial charge in [-0.05, 0) is 26.0 Å². The van der Waals surface area contributed by atoms with E-state index in [9.17, 15) is 4.79 Å². The number of esters is 1. The van der Waals surface area contributed by atoms with Crippen molar-refractivity contribution in [1.82, 2.24) is 4.98 Å². The van der Waals surface area contributed by atoms with Gasteiger partial charge in [-0.1, -0.05) is 11.6 Å². The maximum Gasteiger partial charge on any atom is 0.341 e. The highest BCUT2D eigenvalue weighted by Crippen LogP contribution is 2.32. The summed E-state index contributed by atoms with van der Waals surface area (Å²) >= 11 is 6.26. The van der Waals surface area contributed by atoms with Gasteiger partial charge in [0.25, 0.3) is 0 Å². The maximum atomic E-state index is 11.7. The summed E-state index contributed by atoms with van der Waals surface area (Å²) in [5, 5.41) is 1.07. The second kappa shape index (κ2) is 5.45. The molecule has 2 aromatic rings. The van der Waals surface area contributed by atoms with Crippen molar-refractivity contribution >= 4 is 28.5 Å². The third-order valence-corrected chi connectivity index (χ3v) is 3.30. The van der Waals surface area contributed by atoms with E-state index in [1.54, 1.807) is 26.2 Å². The predicted molar refractivity (Wildman–Crippen MR) is 74.0 cm³/mol. The third-order valence-electron chi connectivity index (χ3n) is 2.89. The molecule has 0 aliphatic heterocycles. The van der Waals surface area contributed by atoms with Gasteiger partial charge in [0.2, 0.25) is 0 Å². The highest BCUT2D eigenvalue weighted by atomic mass is 35.5. The van der Waals surface area contributed by atoms with Gasteiger partial charge >= 0.3 is 5.97 Å². The van der Waals surface area contributed by atoms with Crippen LogP contribution in [0.15, 0.2) is 18.3 Å². The van der Waals surface area contributed by atoms with E-state index in [-0.39, 0.29) is 5.56 Å². The summed E-state index contributed by atoms with van der Waals surface area (Å²) in [5.74, 6) is 0.273. The Kier molecular flexibility index (Phi) is 3.90. The van der Waals surface area contributed by atoms with Crippen LogP contribution in [0.5, 0.6) is 5.75 Å². The normalized spacial score (nSPS) is 10.5. The van der Waals surface area contributed by atoms with Crippen molar-refractivity contribution in [1.29, 1.82) is 0 Å². The number of fused-ring (bicyclic) bond motifs is 1. The molecule has 1 heterocycles. The first kappa shape index (κ1) is 13.6. The third kappa shape index (κ3) is 2.36. The summed E-state index contributed by atoms with van der Waals surface area (Å²) < 4.78 is 10.2. The van der Waals surface area contributed by atoms with Gasteiger partial charge in [-0.25, -0.2) is 4.79 Å². The minimum Gasteiger partial charge on any atom is -0.496 e. The Morgan fingerprint density at radius 1 is 1.42 bits per heavy atom. The number of carbonyl (C=O) groups excluding carboxylic acids is 1. The van der Waals surface area contributed by atoms with Crippen molar-refractivity contribution < 1.29 is 14.3 Å². The van der Waals surface area contributed by atoms with Crippen molar-refractivity contribution in [2.45, 2.75) is 13.8 Å². The minimum atomic E-state index is -0.463. The van der Waals surface area contributed by atoms with Gasteiger partial charge in [0.1, 0.15) is 5.75 Å². The lowest BCUT2D eigenvalue weighted by Gasteiger charge is -2.10. The van der Waals surface area contributed by atoms with Crippen molar-refractivity contribution in [3.8, 4) is 5.75 Å². The maximum absolute atomic E-state index is 11.7. The molecule has 4 nitrogen and oxygen atoms in total. The van der Waals surface area contributed by atoms with E-state index >= 15 is 0 Å². The molecule has 0 saturated heterocycles. The molecule has 0 atom stereocenters. The number of hydrogen-bond donors (Lipinski definition) is 0. The molecule has 0 amide bonds. The fraction of sp³-hybridized carbons (Fsp3) is 0.286. The number of aryl methyl sites for hydroxylation is 1. The average Bonchev–Trinajstić information content (AvgIpc) is 2.40. The standard InChI is InChI=1S/C14H14ClNO3/c1-4-19-14(17)10-7-16-13-8(2)11(18-3)6-5-9(13)12(10)15/h5-7H,4H2,1-3H3. The molecule has 5 heteroatoms. The van der Waals surface area contributed by atoms with Gasteiger partial charge in [0, 0.05) is 17.1 Å². The van der Waals surface area contributed by atoms with E-state index < -0.39 is 5.97 Å². The highest BCUT2D eigenvalue weighted by molar-refractivity contribution is 6.38. The van der Waals surface area contributed by atoms with Crippen molar-refractivity contribution in [2.24, 2.45) is 0 Å². The first-order chi connectivity index (χ1) is 9.10. The number of ether oxygens (including phenoxy) is 2. The van der Waals surface area contributed by atoms with Gasteiger partial charge in [-0.2, -0.15) is 0 Å². The number of carbonyl (C=O) groups is 1. The SMILES string of the molecule is CCOC(=O)c1cnc2c(C)c(OC)ccc2c1Cl. The van der Waals surface area contributed by atoms with Gasteiger partial charge < -0.3 is 9.47 Å². The zero-order valence-corrected chi connectivity index (χ0v) is 11.7. The highest BCUT2D eigenvalue weighted by Gasteiger charge is 2.16. The van der Waals surface area contributed by atoms with Gasteiger partial charge in [0.05, 0.1) is 29.8 Å². The van der Waals surface area contributed by atoms with E-state index in [0.29, 0.717) is 17.0 Å². The lowest BCUT2D eigenvalue weighted by molar-refractivity contribution is 0.0526. The summed E-state index contributed by atoms with van der Waals surface area (Å²) in [6, 6.07) is 3.60. The molecule has 1 aromatic heterocycles. The molecule has 1 aromatic carbocycles. The van der Waals surface area contributed by atoms with Crippen molar-refractivity contribution in [2.75, 3.05) is 13.7 Å². The fourth-order valence-corrected chi connectivity index (χ4v) is 2.21. The number of halogens is 1. The second-order valence-corrected chi connectivity index (χ2v) is 4.37. The molecule has 0 saturated carbocycles. The Morgan fingerprint density at radius 2 is 2.16 bits per heavy atom. The molecule has 19 heavy (non-hydrogen) atoms. The monoisotopic (exact) mass is 279 g/mol. The zero-order chi connectivity index (χ0) is 14.0. The summed E-state index contributed by atoms with van der Waals surface area (Å²) in [4.78, 5) is 16.0. The van der Waals surface area contributed by atoms with E-state index in [2.05, 4.69) is 4.98 Å². The molecule has 0 unspecified atom stereocenters. The largest absolute Gasteiger partial charge is 0.496 e. The summed E-state index contributed by atoms with van der Waals surface area (Å²) in [5.41, 5.74) is 1.88. The Balaban J connectivity index is 2.63. The van der Waals surface area contributed by atoms with E-state index in [4.69, 9.17) is 21.1 Å². The van der Waals surface area contributed by atoms with Crippen LogP contribution in [-0.2, 0) is 4.74 Å². The molecule has 2 rings (SSSR count). The van der Waals surface area contributed by atoms with Crippen molar-refractivity contribution in [3.05, 3.63) is 34.5 Å². The summed E-state index contributed by atoms with van der Waals surface area (Å²) in [6.07, 6.45) is 1.44. The zero-order valence-electron chi connectivity index (χ0n) is 11.0. The molecule has 100 valence electrons. The molecule has 0 aliphatic rings. The minimum absolute atomic E-state index is 0.278. The van der Waals surface area contributed by atoms with Crippen LogP contribution in [0.1, 0.15) is 22.8 Å². The Hall–Kier alpha value is -1.81. The van der Waals surface area contributed by atoms with E-state index in [0.717, 1.165) is 16.8 Å². The van der Waals surface area contributed by atoms with E-state index in [1.165, 1.54) is 6.20 Å². The number of aromatic nitrogens is 1. The van der Waals surface area contributed by atoms with Crippen LogP contribution in [0, 0.1) is 6.92 Å². The molecule has 0 N–H and O–H groups in total. The number of methoxy groups -OCH3 is 1. The van der Waals surface area contributed by atoms with Crippen LogP contribution >= 0.6 is 11.6 Å². The Labute approximate surface area is 116 Å². The molecule has 0 aliphatic carbocycles. The summed E-state index contributed by atoms with van der Waals surface area (Å²) in [7, 11) is 1.60. The first-order valence-corrected chi connectivity index (χ1v) is 6.26. The van der Waals surface area contributed by atoms with E-state index in [1.807, 2.05) is 6.92 Å². The number of pyridine rings is 1. The van der Waals surface area contributed by atoms with Gasteiger partial charge in [-0.15, -0.1) is 0 Å². The second-order valence-electron chi connectivity index (χ2n) is 4.00. The first-order valence-electron chi connectivity index (χ1n) is 5.89. The molecule has 0 bridgehead atoms. The number of nitrogens with zero attached hydrogens (tertiary/aromatic N) is 1. The fourth-order valence-electron chi connectivity index (χ4n) is 1.93. The topological polar surface area (TPSA) is 48.4 Å². The van der Waals surface area contributed by atoms with Crippen molar-refractivity contribution in [3.63, 3.8) is 0 Å². The Morgan fingerprint density at radius 3 is 2.79 bits per heavy atom. The number of benzene rings is 1. The molecule has 0 spiro atoms. The molecular weight excluding hydrogens is 266 g/mol. The van der Waals surface area contributed by atoms with Crippen LogP contribution in [0.25, 0.3) is 10.9 Å². The lowest BCUT2D eigenvalue weighted by atomic mass is 10.1. The van der Waals surface area contributed by atoms with Crippen LogP contribution in [0.3, 0.4) is 0 Å². The van der Waals surface area contributed by atoms with Crippen LogP contribution < -0.4 is 4.74 Å². The van der Waals surface area contributed by atoms with Crippen LogP contribution in [0.2, 0.25) is 5.02 Å². The Bertz CT molecular complexity index is 640. The van der Waals surface area contributed by atoms with Gasteiger partial charge in [0.15, 0.2) is 0 Å². The van der Waals surface area contributed by atoms with Crippen LogP contribution in [-0.4, -0.2) is 24.7 Å². The quantitative estimate of drug-likeness (QED) is 0.808. The summed E-state index contributed by atoms with van der Waals surface area (Å²) in [6.45, 7) is 3.94. The smallest absolute Gasteiger partial charge is 0.341 e. The lowest BCUT2D eigenvalue weighted by Crippen LogP contribution is -2.06. The van der Waals surface area contributed by atoms with Gasteiger partial charge in [-0.3, -0.25) is 4.98 Å². The molecule has 0 fully saturated rings. The van der Waals surface area contributed by atoms with Crippen LogP contribution in [0.4, 0.5) is 0 Å². The number of hydrogen-bond acceptors (Lipinski definition) is 4. The molecular formula is C14H14ClNO3.